The Morgan fingerprint density at radius 1 is 1.22 bits per heavy atom. The molecule has 1 amide bonds. The Morgan fingerprint density at radius 3 is 2.70 bits per heavy atom. The molecule has 0 aromatic carbocycles. The van der Waals surface area contributed by atoms with E-state index in [-0.39, 0.29) is 29.9 Å². The number of nitrogens with zero attached hydrogens (tertiary/aromatic N) is 2. The number of anilines is 1. The Morgan fingerprint density at radius 2 is 2.04 bits per heavy atom. The lowest BCUT2D eigenvalue weighted by molar-refractivity contribution is -0.116. The zero-order chi connectivity index (χ0) is 19.0. The molecular weight excluding hydrogens is 461 g/mol. The molecule has 0 spiro atoms. The van der Waals surface area contributed by atoms with Gasteiger partial charge in [0.25, 0.3) is 0 Å². The van der Waals surface area contributed by atoms with E-state index in [1.165, 1.54) is 0 Å². The van der Waals surface area contributed by atoms with Crippen molar-refractivity contribution < 1.29 is 14.3 Å². The van der Waals surface area contributed by atoms with Gasteiger partial charge in [-0.05, 0) is 31.9 Å². The third-order valence-corrected chi connectivity index (χ3v) is 3.32. The molecule has 27 heavy (non-hydrogen) atoms. The van der Waals surface area contributed by atoms with Gasteiger partial charge >= 0.3 is 0 Å². The van der Waals surface area contributed by atoms with Gasteiger partial charge in [-0.1, -0.05) is 6.07 Å². The van der Waals surface area contributed by atoms with Crippen molar-refractivity contribution in [2.75, 3.05) is 51.9 Å². The fourth-order valence-corrected chi connectivity index (χ4v) is 1.99. The largest absolute Gasteiger partial charge is 0.382 e. The maximum Gasteiger partial charge on any atom is 0.227 e. The topological polar surface area (TPSA) is 96.9 Å². The Kier molecular flexibility index (Phi) is 15.8. The summed E-state index contributed by atoms with van der Waals surface area (Å²) < 4.78 is 10.3. The van der Waals surface area contributed by atoms with Crippen LogP contribution < -0.4 is 16.0 Å². The molecule has 154 valence electrons. The first-order valence-electron chi connectivity index (χ1n) is 8.97. The number of hydrogen-bond donors (Lipinski definition) is 3. The number of ether oxygens (including phenoxy) is 2. The molecule has 0 atom stereocenters. The predicted octanol–water partition coefficient (Wildman–Crippen LogP) is 1.94. The number of aromatic nitrogens is 1. The molecule has 0 saturated carbocycles. The Labute approximate surface area is 178 Å². The van der Waals surface area contributed by atoms with Crippen LogP contribution >= 0.6 is 24.0 Å². The highest BCUT2D eigenvalue weighted by molar-refractivity contribution is 14.0. The molecule has 0 radical (unpaired) electrons. The number of carbonyl (C=O) groups is 1. The number of amides is 1. The van der Waals surface area contributed by atoms with Crippen LogP contribution in [0.4, 0.5) is 5.82 Å². The van der Waals surface area contributed by atoms with Gasteiger partial charge in [-0.15, -0.1) is 24.0 Å². The average molecular weight is 493 g/mol. The summed E-state index contributed by atoms with van der Waals surface area (Å²) >= 11 is 0. The molecule has 1 heterocycles. The van der Waals surface area contributed by atoms with Crippen LogP contribution in [-0.4, -0.2) is 63.4 Å². The Bertz CT molecular complexity index is 540. The van der Waals surface area contributed by atoms with E-state index in [9.17, 15) is 4.79 Å². The standard InChI is InChI=1S/C18H31N5O3.HI/c1-4-19-18(20-9-5-11-26-13-12-25-3)21-10-8-17(24)23-16-7-6-15(2)14-22-16;/h6-7,14H,4-5,8-13H2,1-3H3,(H2,19,20,21)(H,22,23,24);1H. The first-order chi connectivity index (χ1) is 12.7. The molecule has 0 bridgehead atoms. The van der Waals surface area contributed by atoms with E-state index >= 15 is 0 Å². The molecule has 3 N–H and O–H groups in total. The summed E-state index contributed by atoms with van der Waals surface area (Å²) in [5, 5.41) is 9.09. The van der Waals surface area contributed by atoms with Crippen molar-refractivity contribution in [2.24, 2.45) is 4.99 Å². The van der Waals surface area contributed by atoms with Gasteiger partial charge in [0.05, 0.1) is 13.2 Å². The smallest absolute Gasteiger partial charge is 0.227 e. The third-order valence-electron chi connectivity index (χ3n) is 3.32. The second kappa shape index (κ2) is 16.7. The van der Waals surface area contributed by atoms with Crippen LogP contribution in [0.25, 0.3) is 0 Å². The minimum Gasteiger partial charge on any atom is -0.382 e. The molecule has 1 rings (SSSR count). The van der Waals surface area contributed by atoms with Crippen molar-refractivity contribution in [3.8, 4) is 0 Å². The highest BCUT2D eigenvalue weighted by Gasteiger charge is 2.04. The molecular formula is C18H32IN5O3. The van der Waals surface area contributed by atoms with E-state index in [4.69, 9.17) is 9.47 Å². The number of aliphatic imine (C=N–C) groups is 1. The van der Waals surface area contributed by atoms with E-state index in [0.717, 1.165) is 18.5 Å². The highest BCUT2D eigenvalue weighted by atomic mass is 127. The van der Waals surface area contributed by atoms with Gasteiger partial charge in [0, 0.05) is 46.0 Å². The van der Waals surface area contributed by atoms with E-state index in [1.807, 2.05) is 19.9 Å². The van der Waals surface area contributed by atoms with E-state index in [0.29, 0.717) is 51.1 Å². The molecule has 0 aliphatic carbocycles. The monoisotopic (exact) mass is 493 g/mol. The number of nitrogens with one attached hydrogen (secondary N) is 3. The summed E-state index contributed by atoms with van der Waals surface area (Å²) in [6.45, 7) is 7.72. The normalized spacial score (nSPS) is 10.9. The van der Waals surface area contributed by atoms with Crippen molar-refractivity contribution in [3.05, 3.63) is 23.9 Å². The summed E-state index contributed by atoms with van der Waals surface area (Å²) in [5.41, 5.74) is 1.06. The zero-order valence-corrected chi connectivity index (χ0v) is 18.7. The quantitative estimate of drug-likeness (QED) is 0.178. The molecule has 0 aliphatic heterocycles. The molecule has 1 aromatic rings. The van der Waals surface area contributed by atoms with Gasteiger partial charge in [0.2, 0.25) is 5.91 Å². The van der Waals surface area contributed by atoms with Crippen LogP contribution in [0.3, 0.4) is 0 Å². The minimum atomic E-state index is -0.0868. The second-order valence-corrected chi connectivity index (χ2v) is 5.67. The molecule has 8 nitrogen and oxygen atoms in total. The first kappa shape index (κ1) is 25.5. The van der Waals surface area contributed by atoms with Crippen LogP contribution in [0.15, 0.2) is 23.3 Å². The molecule has 0 aliphatic rings. The number of aryl methyl sites for hydroxylation is 1. The summed E-state index contributed by atoms with van der Waals surface area (Å²) in [6.07, 6.45) is 2.89. The van der Waals surface area contributed by atoms with Gasteiger partial charge in [-0.25, -0.2) is 4.98 Å². The van der Waals surface area contributed by atoms with Gasteiger partial charge in [0.15, 0.2) is 5.96 Å². The fraction of sp³-hybridized carbons (Fsp3) is 0.611. The zero-order valence-electron chi connectivity index (χ0n) is 16.4. The van der Waals surface area contributed by atoms with Crippen molar-refractivity contribution in [3.63, 3.8) is 0 Å². The lowest BCUT2D eigenvalue weighted by atomic mass is 10.3. The van der Waals surface area contributed by atoms with Crippen molar-refractivity contribution in [1.82, 2.24) is 15.6 Å². The highest BCUT2D eigenvalue weighted by Crippen LogP contribution is 2.03. The van der Waals surface area contributed by atoms with E-state index in [2.05, 4.69) is 25.9 Å². The van der Waals surface area contributed by atoms with Crippen LogP contribution in [0, 0.1) is 6.92 Å². The maximum atomic E-state index is 11.9. The molecule has 0 fully saturated rings. The van der Waals surface area contributed by atoms with Gasteiger partial charge in [0.1, 0.15) is 5.82 Å². The van der Waals surface area contributed by atoms with Crippen molar-refractivity contribution >= 4 is 41.7 Å². The van der Waals surface area contributed by atoms with Crippen LogP contribution in [0.2, 0.25) is 0 Å². The number of rotatable bonds is 12. The molecule has 9 heteroatoms. The summed E-state index contributed by atoms with van der Waals surface area (Å²) in [4.78, 5) is 20.6. The summed E-state index contributed by atoms with van der Waals surface area (Å²) in [6, 6.07) is 3.71. The summed E-state index contributed by atoms with van der Waals surface area (Å²) in [5.74, 6) is 1.18. The third kappa shape index (κ3) is 13.4. The van der Waals surface area contributed by atoms with E-state index < -0.39 is 0 Å². The lowest BCUT2D eigenvalue weighted by Gasteiger charge is -2.11. The number of pyridine rings is 1. The van der Waals surface area contributed by atoms with E-state index in [1.54, 1.807) is 19.4 Å². The minimum absolute atomic E-state index is 0. The lowest BCUT2D eigenvalue weighted by Crippen LogP contribution is -2.38. The van der Waals surface area contributed by atoms with Crippen LogP contribution in [0.5, 0.6) is 0 Å². The van der Waals surface area contributed by atoms with Crippen molar-refractivity contribution in [1.29, 1.82) is 0 Å². The summed E-state index contributed by atoms with van der Waals surface area (Å²) in [7, 11) is 1.65. The number of halogens is 1. The number of carbonyl (C=O) groups excluding carboxylic acids is 1. The number of guanidine groups is 1. The number of methoxy groups -OCH3 is 1. The predicted molar refractivity (Wildman–Crippen MR) is 119 cm³/mol. The second-order valence-electron chi connectivity index (χ2n) is 5.67. The first-order valence-corrected chi connectivity index (χ1v) is 8.97. The van der Waals surface area contributed by atoms with Gasteiger partial charge in [-0.2, -0.15) is 0 Å². The number of hydrogen-bond acceptors (Lipinski definition) is 5. The van der Waals surface area contributed by atoms with Gasteiger partial charge < -0.3 is 25.4 Å². The van der Waals surface area contributed by atoms with Crippen LogP contribution in [0.1, 0.15) is 25.3 Å². The molecule has 0 unspecified atom stereocenters. The van der Waals surface area contributed by atoms with Crippen LogP contribution in [-0.2, 0) is 14.3 Å². The van der Waals surface area contributed by atoms with Crippen molar-refractivity contribution in [2.45, 2.75) is 26.7 Å². The Balaban J connectivity index is 0.00000676. The molecule has 0 saturated heterocycles. The maximum absolute atomic E-state index is 11.9. The fourth-order valence-electron chi connectivity index (χ4n) is 1.99. The SMILES string of the molecule is CCNC(=NCCCOCCOC)NCCC(=O)Nc1ccc(C)cn1.I. The van der Waals surface area contributed by atoms with Gasteiger partial charge in [-0.3, -0.25) is 9.79 Å². The Hall–Kier alpha value is -1.46. The average Bonchev–Trinajstić information content (AvgIpc) is 2.63. The molecule has 1 aromatic heterocycles.